The zero-order valence-corrected chi connectivity index (χ0v) is 36.8. The van der Waals surface area contributed by atoms with E-state index in [1.807, 2.05) is 0 Å². The topological polar surface area (TPSA) is 301 Å². The summed E-state index contributed by atoms with van der Waals surface area (Å²) in [4.78, 5) is 55.8. The molecule has 0 amide bonds. The number of aryl methyl sites for hydroxylation is 1. The normalized spacial score (nSPS) is 12.0. The van der Waals surface area contributed by atoms with Crippen LogP contribution in [-0.4, -0.2) is 59.8 Å². The van der Waals surface area contributed by atoms with Crippen molar-refractivity contribution in [1.82, 2.24) is 19.5 Å². The standard InChI is InChI=1S/C39H26ClN7O15S4/c1-47-27-14-13-24(31-32(27)30(22-7-2-3-8-23(22)35(31)49)33(36(47)50)34(48)18-5-4-6-21(15-18)64-61-58-52)42-25-16-26(29(66(54,55)56)17-28(25)65-62-59-53)43-39-45-37(40)44-38(46-39)41-19-9-11-20(12-10-19)63-60-57-51/h2-17,42,51-53H,1H3,(H,54,55,56)(H2,41,43,44,45,46). The third kappa shape index (κ3) is 9.60. The van der Waals surface area contributed by atoms with Gasteiger partial charge in [0.05, 0.1) is 74.7 Å². The van der Waals surface area contributed by atoms with Gasteiger partial charge < -0.3 is 20.5 Å². The first kappa shape index (κ1) is 46.5. The molecule has 0 fully saturated rings. The van der Waals surface area contributed by atoms with E-state index in [9.17, 15) is 27.4 Å². The Balaban J connectivity index is 1.26. The number of ketones is 2. The predicted molar refractivity (Wildman–Crippen MR) is 237 cm³/mol. The van der Waals surface area contributed by atoms with Crippen LogP contribution in [0.2, 0.25) is 5.28 Å². The highest BCUT2D eigenvalue weighted by Crippen LogP contribution is 2.46. The van der Waals surface area contributed by atoms with Gasteiger partial charge in [-0.3, -0.25) is 18.9 Å². The van der Waals surface area contributed by atoms with Gasteiger partial charge in [-0.25, -0.2) is 15.8 Å². The lowest BCUT2D eigenvalue weighted by molar-refractivity contribution is -0.432. The molecule has 0 unspecified atom stereocenters. The number of nitrogens with one attached hydrogen (secondary N) is 3. The number of fused-ring (bicyclic) bond motifs is 2. The first-order valence-electron chi connectivity index (χ1n) is 18.2. The quantitative estimate of drug-likeness (QED) is 0.0139. The van der Waals surface area contributed by atoms with Crippen LogP contribution in [-0.2, 0) is 45.3 Å². The molecular formula is C39H26ClN7O15S4. The lowest BCUT2D eigenvalue weighted by Gasteiger charge is -2.26. The van der Waals surface area contributed by atoms with Crippen molar-refractivity contribution < 1.29 is 66.4 Å². The maximum Gasteiger partial charge on any atom is 0.296 e. The smallest absolute Gasteiger partial charge is 0.296 e. The van der Waals surface area contributed by atoms with Gasteiger partial charge in [-0.2, -0.15) is 23.4 Å². The summed E-state index contributed by atoms with van der Waals surface area (Å²) in [6, 6.07) is 24.0. The van der Waals surface area contributed by atoms with Gasteiger partial charge in [-0.15, -0.1) is 13.0 Å². The maximum atomic E-state index is 14.7. The molecule has 8 rings (SSSR count). The summed E-state index contributed by atoms with van der Waals surface area (Å²) in [6.07, 6.45) is 0. The number of hydrogen-bond acceptors (Lipinski definition) is 23. The Hall–Kier alpha value is -6.05. The van der Waals surface area contributed by atoms with Crippen molar-refractivity contribution in [2.45, 2.75) is 19.6 Å². The number of aromatic nitrogens is 4. The van der Waals surface area contributed by atoms with Crippen molar-refractivity contribution in [3.63, 3.8) is 0 Å². The summed E-state index contributed by atoms with van der Waals surface area (Å²) >= 11 is 7.90. The second kappa shape index (κ2) is 19.8. The molecular weight excluding hydrogens is 970 g/mol. The summed E-state index contributed by atoms with van der Waals surface area (Å²) in [6.45, 7) is 0. The molecule has 0 saturated heterocycles. The summed E-state index contributed by atoms with van der Waals surface area (Å²) in [5.74, 6) is -1.62. The first-order valence-corrected chi connectivity index (χ1v) is 22.2. The van der Waals surface area contributed by atoms with Gasteiger partial charge in [0.2, 0.25) is 17.2 Å². The molecule has 1 aliphatic carbocycles. The second-order valence-electron chi connectivity index (χ2n) is 13.4. The van der Waals surface area contributed by atoms with Gasteiger partial charge in [-0.05, 0) is 77.8 Å². The van der Waals surface area contributed by atoms with Crippen molar-refractivity contribution in [2.75, 3.05) is 16.0 Å². The molecule has 2 heterocycles. The van der Waals surface area contributed by atoms with Crippen LogP contribution in [0.25, 0.3) is 22.0 Å². The van der Waals surface area contributed by atoms with Crippen molar-refractivity contribution in [3.05, 3.63) is 135 Å². The van der Waals surface area contributed by atoms with Crippen LogP contribution in [0.5, 0.6) is 0 Å². The maximum absolute atomic E-state index is 14.7. The zero-order chi connectivity index (χ0) is 46.7. The Morgan fingerprint density at radius 1 is 0.697 bits per heavy atom. The van der Waals surface area contributed by atoms with Gasteiger partial charge in [0, 0.05) is 44.6 Å². The lowest BCUT2D eigenvalue weighted by Crippen LogP contribution is -2.29. The number of anilines is 6. The minimum atomic E-state index is -5.07. The van der Waals surface area contributed by atoms with Crippen molar-refractivity contribution in [2.24, 2.45) is 7.05 Å². The van der Waals surface area contributed by atoms with E-state index in [2.05, 4.69) is 59.0 Å². The van der Waals surface area contributed by atoms with E-state index in [-0.39, 0.29) is 77.9 Å². The van der Waals surface area contributed by atoms with E-state index in [1.54, 1.807) is 54.6 Å². The van der Waals surface area contributed by atoms with Gasteiger partial charge in [0.1, 0.15) is 4.90 Å². The van der Waals surface area contributed by atoms with Crippen molar-refractivity contribution in [1.29, 1.82) is 0 Å². The highest BCUT2D eigenvalue weighted by atomic mass is 35.5. The fraction of sp³-hybridized carbons (Fsp3) is 0.0256. The highest BCUT2D eigenvalue weighted by Gasteiger charge is 2.34. The molecule has 7 aromatic rings. The Morgan fingerprint density at radius 2 is 1.36 bits per heavy atom. The molecule has 0 radical (unpaired) electrons. The molecule has 0 bridgehead atoms. The van der Waals surface area contributed by atoms with E-state index in [0.717, 1.165) is 18.1 Å². The molecule has 22 nitrogen and oxygen atoms in total. The number of pyridine rings is 1. The van der Waals surface area contributed by atoms with Crippen molar-refractivity contribution >= 4 is 115 Å². The van der Waals surface area contributed by atoms with Gasteiger partial charge in [0.25, 0.3) is 15.7 Å². The molecule has 0 atom stereocenters. The van der Waals surface area contributed by atoms with Gasteiger partial charge >= 0.3 is 0 Å². The summed E-state index contributed by atoms with van der Waals surface area (Å²) in [7, 11) is -3.62. The number of carbonyl (C=O) groups excluding carboxylic acids is 2. The summed E-state index contributed by atoms with van der Waals surface area (Å²) < 4.78 is 51.1. The Morgan fingerprint density at radius 3 is 2.06 bits per heavy atom. The highest BCUT2D eigenvalue weighted by molar-refractivity contribution is 7.95. The second-order valence-corrected chi connectivity index (χ2v) is 17.4. The predicted octanol–water partition coefficient (Wildman–Crippen LogP) is 8.58. The molecule has 1 aliphatic rings. The molecule has 0 aliphatic heterocycles. The monoisotopic (exact) mass is 995 g/mol. The molecule has 7 N–H and O–H groups in total. The number of rotatable bonds is 18. The van der Waals surface area contributed by atoms with Crippen LogP contribution in [0.3, 0.4) is 0 Å². The average Bonchev–Trinajstić information content (AvgIpc) is 3.30. The van der Waals surface area contributed by atoms with Crippen LogP contribution in [0.15, 0.2) is 121 Å². The molecule has 2 aromatic heterocycles. The molecule has 66 heavy (non-hydrogen) atoms. The van der Waals surface area contributed by atoms with Crippen LogP contribution in [0.1, 0.15) is 31.8 Å². The van der Waals surface area contributed by atoms with E-state index in [4.69, 9.17) is 27.4 Å². The van der Waals surface area contributed by atoms with E-state index < -0.39 is 32.1 Å². The number of hydrogen-bond donors (Lipinski definition) is 7. The number of benzene rings is 5. The van der Waals surface area contributed by atoms with Crippen LogP contribution in [0, 0.1) is 0 Å². The minimum absolute atomic E-state index is 0.00754. The SMILES string of the molecule is Cn1c(=O)c(C(=O)c2cccc(SOOO)c2)c2c3c(c(Nc4cc(Nc5nc(Cl)nc(Nc6ccc(SOOO)cc6)n5)c(S(=O)(=O)O)cc4SOOO)ccc31)C(=O)c1ccccc1-2. The number of halogens is 1. The summed E-state index contributed by atoms with van der Waals surface area (Å²) in [5.41, 5.74) is 0.221. The van der Waals surface area contributed by atoms with E-state index >= 15 is 0 Å². The van der Waals surface area contributed by atoms with E-state index in [1.165, 1.54) is 48.0 Å². The molecule has 338 valence electrons. The zero-order valence-electron chi connectivity index (χ0n) is 32.8. The minimum Gasteiger partial charge on any atom is -0.354 e. The van der Waals surface area contributed by atoms with Crippen molar-refractivity contribution in [3.8, 4) is 11.1 Å². The average molecular weight is 996 g/mol. The Labute approximate surface area is 387 Å². The molecule has 27 heteroatoms. The fourth-order valence-electron chi connectivity index (χ4n) is 6.97. The largest absolute Gasteiger partial charge is 0.354 e. The van der Waals surface area contributed by atoms with Gasteiger partial charge in [-0.1, -0.05) is 51.5 Å². The van der Waals surface area contributed by atoms with E-state index in [0.29, 0.717) is 45.1 Å². The molecule has 5 aromatic carbocycles. The van der Waals surface area contributed by atoms with Crippen LogP contribution in [0.4, 0.5) is 34.6 Å². The van der Waals surface area contributed by atoms with Crippen LogP contribution < -0.4 is 21.5 Å². The first-order chi connectivity index (χ1) is 31.8. The Bertz CT molecular complexity index is 3240. The number of carbonyl (C=O) groups is 2. The Kier molecular flexibility index (Phi) is 14.0. The molecule has 0 spiro atoms. The molecule has 0 saturated carbocycles. The van der Waals surface area contributed by atoms with Gasteiger partial charge in [0.15, 0.2) is 11.6 Å². The lowest BCUT2D eigenvalue weighted by atomic mass is 9.80. The fourth-order valence-corrected chi connectivity index (χ4v) is 9.10. The third-order valence-corrected chi connectivity index (χ3v) is 12.5. The van der Waals surface area contributed by atoms with Crippen LogP contribution >= 0.6 is 47.7 Å². The summed E-state index contributed by atoms with van der Waals surface area (Å²) in [5, 5.41) is 45.9. The number of nitrogens with zero attached hydrogens (tertiary/aromatic N) is 4. The third-order valence-electron chi connectivity index (χ3n) is 9.62.